The molecule has 0 spiro atoms. The van der Waals surface area contributed by atoms with Crippen LogP contribution in [0.3, 0.4) is 0 Å². The number of hydrogen-bond donors (Lipinski definition) is 1. The highest BCUT2D eigenvalue weighted by molar-refractivity contribution is 5.33. The summed E-state index contributed by atoms with van der Waals surface area (Å²) < 4.78 is 0. The summed E-state index contributed by atoms with van der Waals surface area (Å²) in [4.78, 5) is 0. The van der Waals surface area contributed by atoms with Crippen LogP contribution in [0.2, 0.25) is 0 Å². The zero-order chi connectivity index (χ0) is 13.5. The van der Waals surface area contributed by atoms with Gasteiger partial charge in [-0.15, -0.1) is 0 Å². The molecule has 102 valence electrons. The van der Waals surface area contributed by atoms with E-state index in [0.717, 1.165) is 6.42 Å². The third-order valence-corrected chi connectivity index (χ3v) is 4.05. The molecule has 0 heterocycles. The van der Waals surface area contributed by atoms with Crippen LogP contribution in [0.25, 0.3) is 0 Å². The number of unbranched alkanes of at least 4 members (excludes halogenated alkanes) is 1. The van der Waals surface area contributed by atoms with E-state index in [-0.39, 0.29) is 6.61 Å². The van der Waals surface area contributed by atoms with E-state index in [1.54, 1.807) is 0 Å². The second kappa shape index (κ2) is 7.58. The summed E-state index contributed by atoms with van der Waals surface area (Å²) in [7, 11) is 0. The lowest BCUT2D eigenvalue weighted by atomic mass is 9.80. The molecule has 1 nitrogen and oxygen atoms in total. The molecule has 18 heavy (non-hydrogen) atoms. The number of aliphatic hydroxyl groups is 1. The van der Waals surface area contributed by atoms with Crippen molar-refractivity contribution in [3.05, 3.63) is 34.9 Å². The minimum absolute atomic E-state index is 0.270. The quantitative estimate of drug-likeness (QED) is 0.748. The first-order valence-corrected chi connectivity index (χ1v) is 7.32. The first-order chi connectivity index (χ1) is 8.63. The average Bonchev–Trinajstić information content (AvgIpc) is 2.38. The van der Waals surface area contributed by atoms with Crippen LogP contribution in [0.5, 0.6) is 0 Å². The van der Waals surface area contributed by atoms with Gasteiger partial charge < -0.3 is 5.11 Å². The zero-order valence-electron chi connectivity index (χ0n) is 12.4. The van der Waals surface area contributed by atoms with Crippen molar-refractivity contribution in [2.45, 2.75) is 59.3 Å². The third kappa shape index (κ3) is 3.84. The Morgan fingerprint density at radius 2 is 1.89 bits per heavy atom. The van der Waals surface area contributed by atoms with Gasteiger partial charge >= 0.3 is 0 Å². The van der Waals surface area contributed by atoms with Crippen LogP contribution in [0.4, 0.5) is 0 Å². The fourth-order valence-corrected chi connectivity index (χ4v) is 2.82. The van der Waals surface area contributed by atoms with Crippen LogP contribution in [0.1, 0.15) is 62.1 Å². The molecule has 0 aliphatic rings. The molecule has 1 aromatic rings. The maximum absolute atomic E-state index is 9.80. The van der Waals surface area contributed by atoms with Gasteiger partial charge in [-0.05, 0) is 37.3 Å². The smallest absolute Gasteiger partial charge is 0.0502 e. The highest BCUT2D eigenvalue weighted by Crippen LogP contribution is 2.33. The summed E-state index contributed by atoms with van der Waals surface area (Å²) >= 11 is 0. The molecular weight excluding hydrogens is 220 g/mol. The number of hydrogen-bond acceptors (Lipinski definition) is 1. The summed E-state index contributed by atoms with van der Waals surface area (Å²) in [6.45, 7) is 9.04. The Bertz CT molecular complexity index is 357. The van der Waals surface area contributed by atoms with Gasteiger partial charge in [0.15, 0.2) is 0 Å². The SMILES string of the molecule is CCCC[C@@H](CC)[C@@H](CO)c1cc(C)ccc1C. The maximum atomic E-state index is 9.80. The largest absolute Gasteiger partial charge is 0.396 e. The molecule has 0 aliphatic heterocycles. The van der Waals surface area contributed by atoms with E-state index < -0.39 is 0 Å². The molecule has 0 amide bonds. The van der Waals surface area contributed by atoms with E-state index in [2.05, 4.69) is 45.9 Å². The molecule has 0 saturated carbocycles. The van der Waals surface area contributed by atoms with Crippen molar-refractivity contribution in [2.75, 3.05) is 6.61 Å². The zero-order valence-corrected chi connectivity index (χ0v) is 12.4. The molecule has 0 fully saturated rings. The summed E-state index contributed by atoms with van der Waals surface area (Å²) in [5.41, 5.74) is 3.95. The standard InChI is InChI=1S/C17H28O/c1-5-7-8-15(6-2)17(12-18)16-11-13(3)9-10-14(16)4/h9-11,15,17-18H,5-8,12H2,1-4H3/t15-,17-/m1/s1. The van der Waals surface area contributed by atoms with Crippen molar-refractivity contribution in [3.63, 3.8) is 0 Å². The van der Waals surface area contributed by atoms with Crippen molar-refractivity contribution in [2.24, 2.45) is 5.92 Å². The van der Waals surface area contributed by atoms with Gasteiger partial charge in [0.25, 0.3) is 0 Å². The van der Waals surface area contributed by atoms with Gasteiger partial charge in [-0.3, -0.25) is 0 Å². The normalized spacial score (nSPS) is 14.5. The van der Waals surface area contributed by atoms with E-state index in [0.29, 0.717) is 11.8 Å². The first kappa shape index (κ1) is 15.2. The van der Waals surface area contributed by atoms with E-state index >= 15 is 0 Å². The minimum atomic E-state index is 0.270. The van der Waals surface area contributed by atoms with Gasteiger partial charge in [0, 0.05) is 5.92 Å². The minimum Gasteiger partial charge on any atom is -0.396 e. The van der Waals surface area contributed by atoms with E-state index in [9.17, 15) is 5.11 Å². The number of aryl methyl sites for hydroxylation is 2. The summed E-state index contributed by atoms with van der Waals surface area (Å²) in [5.74, 6) is 0.914. The average molecular weight is 248 g/mol. The van der Waals surface area contributed by atoms with Gasteiger partial charge in [0.05, 0.1) is 6.61 Å². The van der Waals surface area contributed by atoms with E-state index in [1.165, 1.54) is 36.0 Å². The Balaban J connectivity index is 2.95. The molecule has 1 heteroatoms. The monoisotopic (exact) mass is 248 g/mol. The Morgan fingerprint density at radius 1 is 1.17 bits per heavy atom. The second-order valence-corrected chi connectivity index (χ2v) is 5.46. The van der Waals surface area contributed by atoms with Crippen molar-refractivity contribution >= 4 is 0 Å². The molecule has 0 unspecified atom stereocenters. The molecule has 2 atom stereocenters. The molecule has 1 rings (SSSR count). The number of aliphatic hydroxyl groups excluding tert-OH is 1. The van der Waals surface area contributed by atoms with Gasteiger partial charge in [-0.25, -0.2) is 0 Å². The number of benzene rings is 1. The molecule has 1 N–H and O–H groups in total. The van der Waals surface area contributed by atoms with E-state index in [4.69, 9.17) is 0 Å². The van der Waals surface area contributed by atoms with Crippen LogP contribution in [0.15, 0.2) is 18.2 Å². The predicted molar refractivity (Wildman–Crippen MR) is 79.0 cm³/mol. The Morgan fingerprint density at radius 3 is 2.44 bits per heavy atom. The van der Waals surface area contributed by atoms with Crippen LogP contribution >= 0.6 is 0 Å². The van der Waals surface area contributed by atoms with Crippen LogP contribution < -0.4 is 0 Å². The van der Waals surface area contributed by atoms with Crippen LogP contribution in [0, 0.1) is 19.8 Å². The van der Waals surface area contributed by atoms with Crippen LogP contribution in [-0.4, -0.2) is 11.7 Å². The van der Waals surface area contributed by atoms with Crippen molar-refractivity contribution in [1.82, 2.24) is 0 Å². The van der Waals surface area contributed by atoms with Crippen molar-refractivity contribution in [1.29, 1.82) is 0 Å². The Kier molecular flexibility index (Phi) is 6.42. The molecule has 0 aliphatic carbocycles. The summed E-state index contributed by atoms with van der Waals surface area (Å²) in [6, 6.07) is 6.59. The Labute approximate surface area is 112 Å². The van der Waals surface area contributed by atoms with Crippen LogP contribution in [-0.2, 0) is 0 Å². The molecule has 0 aromatic heterocycles. The second-order valence-electron chi connectivity index (χ2n) is 5.46. The highest BCUT2D eigenvalue weighted by Gasteiger charge is 2.22. The number of rotatable bonds is 7. The maximum Gasteiger partial charge on any atom is 0.0502 e. The van der Waals surface area contributed by atoms with Crippen molar-refractivity contribution < 1.29 is 5.11 Å². The summed E-state index contributed by atoms with van der Waals surface area (Å²) in [5, 5.41) is 9.80. The summed E-state index contributed by atoms with van der Waals surface area (Å²) in [6.07, 6.45) is 4.88. The highest BCUT2D eigenvalue weighted by atomic mass is 16.3. The third-order valence-electron chi connectivity index (χ3n) is 4.05. The van der Waals surface area contributed by atoms with Gasteiger partial charge in [-0.1, -0.05) is 56.9 Å². The molecule has 1 aromatic carbocycles. The van der Waals surface area contributed by atoms with Gasteiger partial charge in [0.2, 0.25) is 0 Å². The Hall–Kier alpha value is -0.820. The fraction of sp³-hybridized carbons (Fsp3) is 0.647. The van der Waals surface area contributed by atoms with Gasteiger partial charge in [-0.2, -0.15) is 0 Å². The first-order valence-electron chi connectivity index (χ1n) is 7.32. The van der Waals surface area contributed by atoms with Crippen molar-refractivity contribution in [3.8, 4) is 0 Å². The lowest BCUT2D eigenvalue weighted by Crippen LogP contribution is -2.17. The van der Waals surface area contributed by atoms with E-state index in [1.807, 2.05) is 0 Å². The molecule has 0 radical (unpaired) electrons. The van der Waals surface area contributed by atoms with Gasteiger partial charge in [0.1, 0.15) is 0 Å². The fourth-order valence-electron chi connectivity index (χ4n) is 2.82. The lowest BCUT2D eigenvalue weighted by molar-refractivity contribution is 0.213. The molecule has 0 saturated heterocycles. The lowest BCUT2D eigenvalue weighted by Gasteiger charge is -2.26. The topological polar surface area (TPSA) is 20.2 Å². The molecule has 0 bridgehead atoms. The predicted octanol–water partition coefficient (Wildman–Crippen LogP) is 4.60. The molecular formula is C17H28O.